The number of nitrogens with one attached hydrogen (secondary N) is 1. The maximum Gasteiger partial charge on any atom is 0.234 e. The zero-order valence-corrected chi connectivity index (χ0v) is 17.4. The number of amides is 2. The molecule has 1 aromatic heterocycles. The number of benzene rings is 1. The van der Waals surface area contributed by atoms with Crippen molar-refractivity contribution in [3.63, 3.8) is 0 Å². The molecule has 0 aliphatic carbocycles. The van der Waals surface area contributed by atoms with Crippen LogP contribution in [-0.4, -0.2) is 40.5 Å². The summed E-state index contributed by atoms with van der Waals surface area (Å²) < 4.78 is 0.823. The fraction of sp³-hybridized carbons (Fsp3) is 0.450. The van der Waals surface area contributed by atoms with Crippen LogP contribution in [0, 0.1) is 12.8 Å². The minimum Gasteiger partial charge on any atom is -0.342 e. The summed E-state index contributed by atoms with van der Waals surface area (Å²) in [4.78, 5) is 31.0. The summed E-state index contributed by atoms with van der Waals surface area (Å²) in [5, 5.41) is 4.80. The van der Waals surface area contributed by atoms with Crippen LogP contribution < -0.4 is 5.32 Å². The van der Waals surface area contributed by atoms with E-state index in [0.29, 0.717) is 18.1 Å². The fourth-order valence-electron chi connectivity index (χ4n) is 3.08. The molecule has 3 rings (SSSR count). The number of carbonyl (C=O) groups is 2. The SMILES string of the molecule is Cc1ccc(NC(=O)CSc2nc(CC(=O)N3CCCC(C)C3)cs2)cc1. The summed E-state index contributed by atoms with van der Waals surface area (Å²) >= 11 is 2.90. The summed E-state index contributed by atoms with van der Waals surface area (Å²) in [6.07, 6.45) is 2.63. The Bertz CT molecular complexity index is 789. The first-order valence-corrected chi connectivity index (χ1v) is 11.1. The zero-order chi connectivity index (χ0) is 19.2. The molecule has 2 aromatic rings. The van der Waals surface area contributed by atoms with Crippen LogP contribution in [0.25, 0.3) is 0 Å². The molecule has 2 amide bonds. The molecule has 0 saturated carbocycles. The van der Waals surface area contributed by atoms with E-state index in [4.69, 9.17) is 0 Å². The van der Waals surface area contributed by atoms with E-state index < -0.39 is 0 Å². The Hall–Kier alpha value is -1.86. The minimum atomic E-state index is -0.0565. The minimum absolute atomic E-state index is 0.0565. The standard InChI is InChI=1S/C20H25N3O2S2/c1-14-5-7-16(8-6-14)21-18(24)13-27-20-22-17(12-26-20)10-19(25)23-9-3-4-15(2)11-23/h5-8,12,15H,3-4,9-11,13H2,1-2H3,(H,21,24). The molecule has 1 aliphatic rings. The van der Waals surface area contributed by atoms with Crippen LogP contribution in [0.5, 0.6) is 0 Å². The Morgan fingerprint density at radius 2 is 2.11 bits per heavy atom. The summed E-state index contributed by atoms with van der Waals surface area (Å²) in [5.41, 5.74) is 2.75. The Balaban J connectivity index is 1.45. The van der Waals surface area contributed by atoms with Crippen molar-refractivity contribution >= 4 is 40.6 Å². The van der Waals surface area contributed by atoms with Crippen molar-refractivity contribution in [2.75, 3.05) is 24.2 Å². The van der Waals surface area contributed by atoms with E-state index in [9.17, 15) is 9.59 Å². The van der Waals surface area contributed by atoms with Crippen molar-refractivity contribution in [3.8, 4) is 0 Å². The van der Waals surface area contributed by atoms with Gasteiger partial charge in [0.05, 0.1) is 17.9 Å². The predicted octanol–water partition coefficient (Wildman–Crippen LogP) is 3.98. The van der Waals surface area contributed by atoms with Crippen LogP contribution >= 0.6 is 23.1 Å². The molecular formula is C20H25N3O2S2. The summed E-state index contributed by atoms with van der Waals surface area (Å²) in [6.45, 7) is 5.91. The number of likely N-dealkylation sites (tertiary alicyclic amines) is 1. The van der Waals surface area contributed by atoms with Crippen LogP contribution in [0.3, 0.4) is 0 Å². The lowest BCUT2D eigenvalue weighted by atomic mass is 10.00. The van der Waals surface area contributed by atoms with Gasteiger partial charge in [-0.15, -0.1) is 11.3 Å². The maximum absolute atomic E-state index is 12.4. The molecule has 0 spiro atoms. The molecule has 1 aliphatic heterocycles. The summed E-state index contributed by atoms with van der Waals surface area (Å²) in [7, 11) is 0. The Labute approximate surface area is 168 Å². The molecule has 1 saturated heterocycles. The highest BCUT2D eigenvalue weighted by molar-refractivity contribution is 8.01. The molecule has 1 unspecified atom stereocenters. The topological polar surface area (TPSA) is 62.3 Å². The molecule has 1 fully saturated rings. The number of thioether (sulfide) groups is 1. The van der Waals surface area contributed by atoms with Gasteiger partial charge in [-0.05, 0) is 37.8 Å². The van der Waals surface area contributed by atoms with Crippen LogP contribution in [0.1, 0.15) is 31.0 Å². The number of aromatic nitrogens is 1. The van der Waals surface area contributed by atoms with E-state index in [2.05, 4.69) is 17.2 Å². The third-order valence-corrected chi connectivity index (χ3v) is 6.60. The largest absolute Gasteiger partial charge is 0.342 e. The first-order valence-electron chi connectivity index (χ1n) is 9.21. The Morgan fingerprint density at radius 1 is 1.33 bits per heavy atom. The first-order chi connectivity index (χ1) is 13.0. The van der Waals surface area contributed by atoms with Crippen molar-refractivity contribution in [2.24, 2.45) is 5.92 Å². The van der Waals surface area contributed by atoms with Gasteiger partial charge in [-0.3, -0.25) is 9.59 Å². The van der Waals surface area contributed by atoms with E-state index in [0.717, 1.165) is 40.8 Å². The van der Waals surface area contributed by atoms with Gasteiger partial charge in [-0.25, -0.2) is 4.98 Å². The van der Waals surface area contributed by atoms with Crippen molar-refractivity contribution in [3.05, 3.63) is 40.9 Å². The molecular weight excluding hydrogens is 378 g/mol. The second kappa shape index (κ2) is 9.37. The van der Waals surface area contributed by atoms with Gasteiger partial charge in [0, 0.05) is 24.2 Å². The van der Waals surface area contributed by atoms with Crippen LogP contribution in [0.2, 0.25) is 0 Å². The monoisotopic (exact) mass is 403 g/mol. The highest BCUT2D eigenvalue weighted by Crippen LogP contribution is 2.24. The van der Waals surface area contributed by atoms with Gasteiger partial charge in [-0.2, -0.15) is 0 Å². The average Bonchev–Trinajstić information content (AvgIpc) is 3.09. The number of nitrogens with zero attached hydrogens (tertiary/aromatic N) is 2. The molecule has 1 N–H and O–H groups in total. The second-order valence-corrected chi connectivity index (χ2v) is 9.15. The van der Waals surface area contributed by atoms with Crippen molar-refractivity contribution in [1.82, 2.24) is 9.88 Å². The van der Waals surface area contributed by atoms with E-state index >= 15 is 0 Å². The third-order valence-electron chi connectivity index (χ3n) is 4.53. The summed E-state index contributed by atoms with van der Waals surface area (Å²) in [6, 6.07) is 7.73. The molecule has 1 aromatic carbocycles. The van der Waals surface area contributed by atoms with Crippen molar-refractivity contribution in [2.45, 2.75) is 37.4 Å². The molecule has 2 heterocycles. The average molecular weight is 404 g/mol. The molecule has 27 heavy (non-hydrogen) atoms. The van der Waals surface area contributed by atoms with Gasteiger partial charge < -0.3 is 10.2 Å². The van der Waals surface area contributed by atoms with E-state index in [1.165, 1.54) is 29.5 Å². The summed E-state index contributed by atoms with van der Waals surface area (Å²) in [5.74, 6) is 0.981. The van der Waals surface area contributed by atoms with E-state index in [1.807, 2.05) is 41.5 Å². The quantitative estimate of drug-likeness (QED) is 0.741. The lowest BCUT2D eigenvalue weighted by molar-refractivity contribution is -0.132. The number of aryl methyl sites for hydroxylation is 1. The number of piperidine rings is 1. The number of hydrogen-bond donors (Lipinski definition) is 1. The lowest BCUT2D eigenvalue weighted by Crippen LogP contribution is -2.39. The molecule has 0 bridgehead atoms. The Morgan fingerprint density at radius 3 is 2.85 bits per heavy atom. The smallest absolute Gasteiger partial charge is 0.234 e. The number of thiazole rings is 1. The molecule has 7 heteroatoms. The first kappa shape index (κ1) is 19.9. The number of rotatable bonds is 6. The normalized spacial score (nSPS) is 17.0. The molecule has 5 nitrogen and oxygen atoms in total. The van der Waals surface area contributed by atoms with Gasteiger partial charge >= 0.3 is 0 Å². The maximum atomic E-state index is 12.4. The molecule has 0 radical (unpaired) electrons. The van der Waals surface area contributed by atoms with Gasteiger partial charge in [-0.1, -0.05) is 36.4 Å². The molecule has 1 atom stereocenters. The van der Waals surface area contributed by atoms with E-state index in [-0.39, 0.29) is 11.8 Å². The number of hydrogen-bond acceptors (Lipinski definition) is 5. The third kappa shape index (κ3) is 6.07. The highest BCUT2D eigenvalue weighted by Gasteiger charge is 2.21. The van der Waals surface area contributed by atoms with Crippen LogP contribution in [-0.2, 0) is 16.0 Å². The van der Waals surface area contributed by atoms with Gasteiger partial charge in [0.2, 0.25) is 11.8 Å². The van der Waals surface area contributed by atoms with Crippen LogP contribution in [0.4, 0.5) is 5.69 Å². The van der Waals surface area contributed by atoms with Gasteiger partial charge in [0.15, 0.2) is 4.34 Å². The van der Waals surface area contributed by atoms with E-state index in [1.54, 1.807) is 0 Å². The number of carbonyl (C=O) groups excluding carboxylic acids is 2. The van der Waals surface area contributed by atoms with Crippen molar-refractivity contribution < 1.29 is 9.59 Å². The van der Waals surface area contributed by atoms with Crippen LogP contribution in [0.15, 0.2) is 34.0 Å². The predicted molar refractivity (Wildman–Crippen MR) is 111 cm³/mol. The highest BCUT2D eigenvalue weighted by atomic mass is 32.2. The van der Waals surface area contributed by atoms with Gasteiger partial charge in [0.25, 0.3) is 0 Å². The van der Waals surface area contributed by atoms with Crippen molar-refractivity contribution in [1.29, 1.82) is 0 Å². The Kier molecular flexibility index (Phi) is 6.90. The van der Waals surface area contributed by atoms with Gasteiger partial charge in [0.1, 0.15) is 0 Å². The fourth-order valence-corrected chi connectivity index (χ4v) is 4.72. The lowest BCUT2D eigenvalue weighted by Gasteiger charge is -2.30. The molecule has 144 valence electrons. The number of anilines is 1. The zero-order valence-electron chi connectivity index (χ0n) is 15.7. The second-order valence-electron chi connectivity index (χ2n) is 7.07.